The van der Waals surface area contributed by atoms with Crippen LogP contribution in [0.15, 0.2) is 60.7 Å². The third-order valence-corrected chi connectivity index (χ3v) is 7.35. The molecule has 5 atom stereocenters. The van der Waals surface area contributed by atoms with E-state index in [4.69, 9.17) is 15.2 Å². The van der Waals surface area contributed by atoms with E-state index >= 15 is 0 Å². The summed E-state index contributed by atoms with van der Waals surface area (Å²) in [6.45, 7) is 15.8. The van der Waals surface area contributed by atoms with Gasteiger partial charge in [-0.05, 0) is 76.8 Å². The highest BCUT2D eigenvalue weighted by atomic mass is 16.6. The molecule has 1 unspecified atom stereocenters. The Morgan fingerprint density at radius 3 is 1.74 bits per heavy atom. The molecule has 0 bridgehead atoms. The second-order valence-electron chi connectivity index (χ2n) is 14.2. The lowest BCUT2D eigenvalue weighted by molar-refractivity contribution is -0.214. The van der Waals surface area contributed by atoms with E-state index < -0.39 is 53.7 Å². The number of hydrogen-bond donors (Lipinski definition) is 5. The number of ether oxygens (including phenoxy) is 2. The van der Waals surface area contributed by atoms with Crippen LogP contribution in [0.4, 0.5) is 4.79 Å². The number of rotatable bonds is 16. The van der Waals surface area contributed by atoms with Crippen molar-refractivity contribution in [1.82, 2.24) is 16.0 Å². The number of alkyl carbamates (subject to hydrolysis) is 1. The van der Waals surface area contributed by atoms with Crippen LogP contribution in [0.3, 0.4) is 0 Å². The molecule has 6 N–H and O–H groups in total. The van der Waals surface area contributed by atoms with Gasteiger partial charge < -0.3 is 36.3 Å². The average Bonchev–Trinajstić information content (AvgIpc) is 2.93. The van der Waals surface area contributed by atoms with Gasteiger partial charge in [0, 0.05) is 6.04 Å². The van der Waals surface area contributed by atoms with Gasteiger partial charge >= 0.3 is 6.09 Å². The molecule has 0 heterocycles. The van der Waals surface area contributed by atoms with Gasteiger partial charge in [-0.15, -0.1) is 0 Å². The molecule has 0 aliphatic carbocycles. The summed E-state index contributed by atoms with van der Waals surface area (Å²) in [5, 5.41) is 19.8. The highest BCUT2D eigenvalue weighted by Gasteiger charge is 2.35. The second-order valence-corrected chi connectivity index (χ2v) is 14.2. The summed E-state index contributed by atoms with van der Waals surface area (Å²) in [5.41, 5.74) is 7.41. The van der Waals surface area contributed by atoms with Crippen molar-refractivity contribution in [2.24, 2.45) is 17.6 Å². The molecular weight excluding hydrogens is 584 g/mol. The van der Waals surface area contributed by atoms with Gasteiger partial charge in [0.25, 0.3) is 0 Å². The maximum absolute atomic E-state index is 13.9. The minimum atomic E-state index is -1.56. The van der Waals surface area contributed by atoms with E-state index in [2.05, 4.69) is 16.0 Å². The lowest BCUT2D eigenvalue weighted by atomic mass is 9.92. The minimum Gasteiger partial charge on any atom is -0.444 e. The number of carbonyl (C=O) groups is 3. The van der Waals surface area contributed by atoms with Crippen molar-refractivity contribution in [3.8, 4) is 0 Å². The third kappa shape index (κ3) is 14.3. The molecule has 2 rings (SSSR count). The van der Waals surface area contributed by atoms with Gasteiger partial charge in [0.05, 0.1) is 18.2 Å². The Labute approximate surface area is 275 Å². The highest BCUT2D eigenvalue weighted by Crippen LogP contribution is 2.22. The summed E-state index contributed by atoms with van der Waals surface area (Å²) in [6, 6.07) is 16.7. The lowest BCUT2D eigenvalue weighted by Gasteiger charge is -2.36. The Morgan fingerprint density at radius 2 is 1.28 bits per heavy atom. The van der Waals surface area contributed by atoms with E-state index in [1.54, 1.807) is 20.8 Å². The number of nitrogens with one attached hydrogen (secondary N) is 3. The maximum Gasteiger partial charge on any atom is 0.408 e. The van der Waals surface area contributed by atoms with E-state index in [1.807, 2.05) is 88.4 Å². The molecule has 46 heavy (non-hydrogen) atoms. The van der Waals surface area contributed by atoms with Gasteiger partial charge in [0.1, 0.15) is 11.6 Å². The van der Waals surface area contributed by atoms with Crippen LogP contribution >= 0.6 is 0 Å². The SMILES string of the molecule is CC(C)[C@H](N)C(=O)NC(Cc1ccccc1)C[C@H](OC(C)(C)O)[C@H](Cc1ccccc1)NC(=O)[C@@H](NC(=O)OC(C)(C)C)C(C)C. The van der Waals surface area contributed by atoms with Crippen LogP contribution in [0.5, 0.6) is 0 Å². The maximum atomic E-state index is 13.9. The predicted octanol–water partition coefficient (Wildman–Crippen LogP) is 4.48. The Morgan fingerprint density at radius 1 is 0.761 bits per heavy atom. The van der Waals surface area contributed by atoms with E-state index in [0.717, 1.165) is 11.1 Å². The first-order valence-corrected chi connectivity index (χ1v) is 16.2. The van der Waals surface area contributed by atoms with Gasteiger partial charge in [-0.2, -0.15) is 0 Å². The standard InChI is InChI=1S/C36H56N4O6/c1-23(2)30(37)32(41)38-27(20-25-16-12-10-13-17-25)22-29(45-36(8,9)44)28(21-26-18-14-11-15-19-26)39-33(42)31(24(3)4)40-34(43)46-35(5,6)7/h10-19,23-24,27-31,44H,20-22,37H2,1-9H3,(H,38,41)(H,39,42)(H,40,43)/t27?,28-,29-,30-,31-/m0/s1. The van der Waals surface area contributed by atoms with Crippen molar-refractivity contribution in [3.05, 3.63) is 71.8 Å². The molecular formula is C36H56N4O6. The van der Waals surface area contributed by atoms with Crippen molar-refractivity contribution < 1.29 is 29.0 Å². The molecule has 10 nitrogen and oxygen atoms in total. The largest absolute Gasteiger partial charge is 0.444 e. The van der Waals surface area contributed by atoms with Gasteiger partial charge in [-0.1, -0.05) is 88.4 Å². The smallest absolute Gasteiger partial charge is 0.408 e. The minimum absolute atomic E-state index is 0.0728. The van der Waals surface area contributed by atoms with Gasteiger partial charge in [0.15, 0.2) is 5.79 Å². The van der Waals surface area contributed by atoms with Crippen molar-refractivity contribution in [1.29, 1.82) is 0 Å². The predicted molar refractivity (Wildman–Crippen MR) is 181 cm³/mol. The number of amides is 3. The second kappa shape index (κ2) is 17.4. The molecule has 0 aliphatic heterocycles. The first-order chi connectivity index (χ1) is 21.3. The Hall–Kier alpha value is -3.47. The van der Waals surface area contributed by atoms with Gasteiger partial charge in [0.2, 0.25) is 11.8 Å². The number of nitrogens with two attached hydrogens (primary N) is 1. The van der Waals surface area contributed by atoms with Crippen LogP contribution in [0.2, 0.25) is 0 Å². The number of benzene rings is 2. The molecule has 0 spiro atoms. The summed E-state index contributed by atoms with van der Waals surface area (Å²) < 4.78 is 11.7. The van der Waals surface area contributed by atoms with Crippen LogP contribution in [0.1, 0.15) is 79.9 Å². The van der Waals surface area contributed by atoms with E-state index in [9.17, 15) is 19.5 Å². The van der Waals surface area contributed by atoms with Crippen molar-refractivity contribution in [2.75, 3.05) is 0 Å². The normalized spacial score (nSPS) is 15.4. The Bertz CT molecular complexity index is 1220. The van der Waals surface area contributed by atoms with Crippen LogP contribution in [-0.2, 0) is 31.9 Å². The molecule has 0 radical (unpaired) electrons. The summed E-state index contributed by atoms with van der Waals surface area (Å²) in [5.74, 6) is -2.61. The van der Waals surface area contributed by atoms with E-state index in [1.165, 1.54) is 13.8 Å². The molecule has 0 saturated carbocycles. The summed E-state index contributed by atoms with van der Waals surface area (Å²) in [7, 11) is 0. The van der Waals surface area contributed by atoms with Crippen LogP contribution < -0.4 is 21.7 Å². The molecule has 0 aromatic heterocycles. The topological polar surface area (TPSA) is 152 Å². The van der Waals surface area contributed by atoms with Crippen LogP contribution in [-0.4, -0.2) is 64.7 Å². The zero-order valence-corrected chi connectivity index (χ0v) is 29.0. The van der Waals surface area contributed by atoms with E-state index in [-0.39, 0.29) is 24.2 Å². The third-order valence-electron chi connectivity index (χ3n) is 7.35. The number of hydrogen-bond acceptors (Lipinski definition) is 7. The first-order valence-electron chi connectivity index (χ1n) is 16.2. The quantitative estimate of drug-likeness (QED) is 0.170. The molecule has 256 valence electrons. The molecule has 0 aliphatic rings. The molecule has 0 saturated heterocycles. The fourth-order valence-electron chi connectivity index (χ4n) is 5.02. The monoisotopic (exact) mass is 640 g/mol. The molecule has 0 fully saturated rings. The zero-order chi connectivity index (χ0) is 34.7. The van der Waals surface area contributed by atoms with Gasteiger partial charge in [-0.25, -0.2) is 4.79 Å². The fraction of sp³-hybridized carbons (Fsp3) is 0.583. The Kier molecular flexibility index (Phi) is 14.7. The Balaban J connectivity index is 2.50. The van der Waals surface area contributed by atoms with Gasteiger partial charge in [-0.3, -0.25) is 9.59 Å². The van der Waals surface area contributed by atoms with Crippen LogP contribution in [0.25, 0.3) is 0 Å². The summed E-state index contributed by atoms with van der Waals surface area (Å²) >= 11 is 0. The van der Waals surface area contributed by atoms with Crippen LogP contribution in [0, 0.1) is 11.8 Å². The summed E-state index contributed by atoms with van der Waals surface area (Å²) in [6.07, 6.45) is -0.370. The number of carbonyl (C=O) groups excluding carboxylic acids is 3. The van der Waals surface area contributed by atoms with Crippen molar-refractivity contribution in [2.45, 2.75) is 123 Å². The molecule has 2 aromatic rings. The molecule has 10 heteroatoms. The first kappa shape index (κ1) is 38.7. The van der Waals surface area contributed by atoms with Crippen molar-refractivity contribution in [3.63, 3.8) is 0 Å². The lowest BCUT2D eigenvalue weighted by Crippen LogP contribution is -2.58. The number of aliphatic hydroxyl groups is 1. The summed E-state index contributed by atoms with van der Waals surface area (Å²) in [4.78, 5) is 39.8. The zero-order valence-electron chi connectivity index (χ0n) is 29.0. The average molecular weight is 641 g/mol. The molecule has 2 aromatic carbocycles. The van der Waals surface area contributed by atoms with E-state index in [0.29, 0.717) is 12.8 Å². The highest BCUT2D eigenvalue weighted by molar-refractivity contribution is 5.86. The molecule has 3 amide bonds. The fourth-order valence-corrected chi connectivity index (χ4v) is 5.02. The van der Waals surface area contributed by atoms with Crippen molar-refractivity contribution >= 4 is 17.9 Å².